The zero-order chi connectivity index (χ0) is 19.8. The van der Waals surface area contributed by atoms with Crippen molar-refractivity contribution in [2.24, 2.45) is 0 Å². The predicted octanol–water partition coefficient (Wildman–Crippen LogP) is 5.59. The van der Waals surface area contributed by atoms with Crippen molar-refractivity contribution in [1.29, 1.82) is 0 Å². The third-order valence-corrected chi connectivity index (χ3v) is 5.14. The Kier molecular flexibility index (Phi) is 4.84. The average molecular weight is 392 g/mol. The van der Waals surface area contributed by atoms with Crippen molar-refractivity contribution in [1.82, 2.24) is 0 Å². The van der Waals surface area contributed by atoms with E-state index in [1.165, 1.54) is 31.2 Å². The number of halogens is 3. The third-order valence-electron chi connectivity index (χ3n) is 4.26. The van der Waals surface area contributed by atoms with Crippen molar-refractivity contribution in [3.8, 4) is 22.3 Å². The molecule has 0 aliphatic rings. The van der Waals surface area contributed by atoms with Gasteiger partial charge in [0.25, 0.3) is 10.1 Å². The van der Waals surface area contributed by atoms with Gasteiger partial charge in [0.1, 0.15) is 4.90 Å². The van der Waals surface area contributed by atoms with Crippen LogP contribution in [0.5, 0.6) is 0 Å². The van der Waals surface area contributed by atoms with Crippen molar-refractivity contribution in [3.05, 3.63) is 77.9 Å². The van der Waals surface area contributed by atoms with Crippen LogP contribution >= 0.6 is 0 Å². The molecule has 27 heavy (non-hydrogen) atoms. The van der Waals surface area contributed by atoms with Crippen LogP contribution in [-0.2, 0) is 16.3 Å². The second-order valence-corrected chi connectivity index (χ2v) is 7.39. The highest BCUT2D eigenvalue weighted by molar-refractivity contribution is 7.86. The van der Waals surface area contributed by atoms with Gasteiger partial charge in [0.15, 0.2) is 0 Å². The van der Waals surface area contributed by atoms with E-state index in [1.807, 2.05) is 0 Å². The molecular weight excluding hydrogens is 377 g/mol. The predicted molar refractivity (Wildman–Crippen MR) is 96.9 cm³/mol. The molecule has 3 nitrogen and oxygen atoms in total. The van der Waals surface area contributed by atoms with Gasteiger partial charge >= 0.3 is 6.18 Å². The first-order valence-electron chi connectivity index (χ1n) is 7.94. The summed E-state index contributed by atoms with van der Waals surface area (Å²) in [5.74, 6) is 0. The van der Waals surface area contributed by atoms with Crippen molar-refractivity contribution in [2.45, 2.75) is 18.0 Å². The topological polar surface area (TPSA) is 54.4 Å². The van der Waals surface area contributed by atoms with Crippen LogP contribution in [0.1, 0.15) is 11.1 Å². The molecule has 3 rings (SSSR count). The third kappa shape index (κ3) is 3.74. The normalized spacial score (nSPS) is 12.2. The van der Waals surface area contributed by atoms with Crippen molar-refractivity contribution in [3.63, 3.8) is 0 Å². The monoisotopic (exact) mass is 392 g/mol. The van der Waals surface area contributed by atoms with Gasteiger partial charge in [-0.1, -0.05) is 60.7 Å². The Morgan fingerprint density at radius 3 is 1.78 bits per heavy atom. The summed E-state index contributed by atoms with van der Waals surface area (Å²) in [7, 11) is -4.91. The Bertz CT molecular complexity index is 1070. The van der Waals surface area contributed by atoms with Crippen LogP contribution < -0.4 is 0 Å². The van der Waals surface area contributed by atoms with Gasteiger partial charge < -0.3 is 0 Å². The van der Waals surface area contributed by atoms with Crippen LogP contribution in [0.4, 0.5) is 13.2 Å². The average Bonchev–Trinajstić information content (AvgIpc) is 2.60. The van der Waals surface area contributed by atoms with E-state index >= 15 is 0 Å². The van der Waals surface area contributed by atoms with E-state index in [1.54, 1.807) is 36.4 Å². The van der Waals surface area contributed by atoms with Gasteiger partial charge in [0.05, 0.1) is 5.56 Å². The quantitative estimate of drug-likeness (QED) is 0.591. The Morgan fingerprint density at radius 1 is 0.852 bits per heavy atom. The first-order valence-corrected chi connectivity index (χ1v) is 9.38. The molecular formula is C20H15F3O3S. The van der Waals surface area contributed by atoms with Crippen LogP contribution in [0.15, 0.2) is 71.6 Å². The second-order valence-electron chi connectivity index (χ2n) is 6.00. The van der Waals surface area contributed by atoms with Gasteiger partial charge in [0, 0.05) is 5.56 Å². The number of benzene rings is 3. The van der Waals surface area contributed by atoms with E-state index in [0.717, 1.165) is 6.07 Å². The number of hydrogen-bond donors (Lipinski definition) is 1. The lowest BCUT2D eigenvalue weighted by Crippen LogP contribution is -2.14. The summed E-state index contributed by atoms with van der Waals surface area (Å²) in [5, 5.41) is 0. The van der Waals surface area contributed by atoms with Crippen LogP contribution in [0.3, 0.4) is 0 Å². The van der Waals surface area contributed by atoms with Crippen molar-refractivity contribution >= 4 is 10.1 Å². The highest BCUT2D eigenvalue weighted by Gasteiger charge is 2.39. The molecule has 0 aliphatic heterocycles. The fraction of sp³-hybridized carbons (Fsp3) is 0.100. The largest absolute Gasteiger partial charge is 0.417 e. The van der Waals surface area contributed by atoms with Crippen LogP contribution in [0.2, 0.25) is 0 Å². The summed E-state index contributed by atoms with van der Waals surface area (Å²) in [6.45, 7) is 1.30. The summed E-state index contributed by atoms with van der Waals surface area (Å²) in [6.07, 6.45) is -4.82. The van der Waals surface area contributed by atoms with E-state index in [0.29, 0.717) is 5.56 Å². The Hall–Kier alpha value is -2.64. The summed E-state index contributed by atoms with van der Waals surface area (Å²) < 4.78 is 75.6. The Balaban J connectivity index is 2.52. The number of rotatable bonds is 3. The minimum absolute atomic E-state index is 0.0557. The maximum atomic E-state index is 14.0. The van der Waals surface area contributed by atoms with Gasteiger partial charge in [-0.25, -0.2) is 0 Å². The van der Waals surface area contributed by atoms with Gasteiger partial charge in [0.2, 0.25) is 0 Å². The number of alkyl halides is 3. The maximum absolute atomic E-state index is 14.0. The maximum Gasteiger partial charge on any atom is 0.417 e. The Morgan fingerprint density at radius 2 is 1.33 bits per heavy atom. The van der Waals surface area contributed by atoms with E-state index in [-0.39, 0.29) is 16.7 Å². The molecule has 0 heterocycles. The fourth-order valence-electron chi connectivity index (χ4n) is 3.12. The highest BCUT2D eigenvalue weighted by atomic mass is 32.2. The van der Waals surface area contributed by atoms with E-state index < -0.39 is 32.3 Å². The van der Waals surface area contributed by atoms with Gasteiger partial charge in [-0.3, -0.25) is 4.55 Å². The fourth-order valence-corrected chi connectivity index (χ4v) is 3.87. The smallest absolute Gasteiger partial charge is 0.282 e. The van der Waals surface area contributed by atoms with E-state index in [4.69, 9.17) is 0 Å². The molecule has 3 aromatic carbocycles. The van der Waals surface area contributed by atoms with Gasteiger partial charge in [-0.15, -0.1) is 0 Å². The number of hydrogen-bond acceptors (Lipinski definition) is 2. The summed E-state index contributed by atoms with van der Waals surface area (Å²) in [5.41, 5.74) is -1.18. The lowest BCUT2D eigenvalue weighted by Gasteiger charge is -2.21. The lowest BCUT2D eigenvalue weighted by molar-refractivity contribution is -0.137. The molecule has 0 amide bonds. The first kappa shape index (κ1) is 19.1. The molecule has 0 saturated carbocycles. The summed E-state index contributed by atoms with van der Waals surface area (Å²) in [6, 6.07) is 16.6. The molecule has 0 saturated heterocycles. The Labute approximate surface area is 154 Å². The standard InChI is InChI=1S/C20H15F3O3S/c1-13-16(14-8-4-2-5-9-14)12-17(27(24,25)26)18(19(13)20(21,22)23)15-10-6-3-7-11-15/h2-12H,1H3,(H,24,25,26). The summed E-state index contributed by atoms with van der Waals surface area (Å²) in [4.78, 5) is -0.773. The molecule has 0 aromatic heterocycles. The second kappa shape index (κ2) is 6.83. The van der Waals surface area contributed by atoms with Crippen LogP contribution in [-0.4, -0.2) is 13.0 Å². The van der Waals surface area contributed by atoms with Crippen LogP contribution in [0, 0.1) is 6.92 Å². The molecule has 0 unspecified atom stereocenters. The molecule has 0 aliphatic carbocycles. The first-order chi connectivity index (χ1) is 12.6. The summed E-state index contributed by atoms with van der Waals surface area (Å²) >= 11 is 0. The van der Waals surface area contributed by atoms with Crippen LogP contribution in [0.25, 0.3) is 22.3 Å². The van der Waals surface area contributed by atoms with Gasteiger partial charge in [-0.05, 0) is 35.2 Å². The highest BCUT2D eigenvalue weighted by Crippen LogP contribution is 2.45. The molecule has 3 aromatic rings. The van der Waals surface area contributed by atoms with Crippen molar-refractivity contribution in [2.75, 3.05) is 0 Å². The molecule has 0 spiro atoms. The minimum Gasteiger partial charge on any atom is -0.282 e. The zero-order valence-corrected chi connectivity index (χ0v) is 15.0. The molecule has 0 atom stereocenters. The van der Waals surface area contributed by atoms with Gasteiger partial charge in [-0.2, -0.15) is 21.6 Å². The zero-order valence-electron chi connectivity index (χ0n) is 14.2. The molecule has 7 heteroatoms. The minimum atomic E-state index is -4.91. The molecule has 1 N–H and O–H groups in total. The molecule has 0 bridgehead atoms. The molecule has 140 valence electrons. The SMILES string of the molecule is Cc1c(-c2ccccc2)cc(S(=O)(=O)O)c(-c2ccccc2)c1C(F)(F)F. The van der Waals surface area contributed by atoms with E-state index in [9.17, 15) is 26.1 Å². The van der Waals surface area contributed by atoms with Crippen molar-refractivity contribution < 1.29 is 26.1 Å². The molecule has 0 radical (unpaired) electrons. The molecule has 0 fully saturated rings. The lowest BCUT2D eigenvalue weighted by atomic mass is 9.89. The van der Waals surface area contributed by atoms with E-state index in [2.05, 4.69) is 0 Å².